The lowest BCUT2D eigenvalue weighted by Gasteiger charge is -2.20. The molecule has 0 unspecified atom stereocenters. The van der Waals surface area contributed by atoms with Crippen LogP contribution in [0, 0.1) is 0 Å². The Labute approximate surface area is 89.7 Å². The second-order valence-electron chi connectivity index (χ2n) is 4.51. The summed E-state index contributed by atoms with van der Waals surface area (Å²) < 4.78 is 0. The van der Waals surface area contributed by atoms with Crippen molar-refractivity contribution < 1.29 is 5.11 Å². The zero-order chi connectivity index (χ0) is 10.3. The van der Waals surface area contributed by atoms with Crippen molar-refractivity contribution in [3.05, 3.63) is 29.8 Å². The Morgan fingerprint density at radius 1 is 1.33 bits per heavy atom. The van der Waals surface area contributed by atoms with E-state index in [1.807, 2.05) is 0 Å². The summed E-state index contributed by atoms with van der Waals surface area (Å²) in [5.41, 5.74) is 2.59. The Bertz CT molecular complexity index is 366. The third-order valence-corrected chi connectivity index (χ3v) is 3.42. The highest BCUT2D eigenvalue weighted by atomic mass is 16.3. The summed E-state index contributed by atoms with van der Waals surface area (Å²) in [6, 6.07) is 8.93. The minimum atomic E-state index is -0.137. The molecule has 2 aliphatic rings. The number of benzene rings is 1. The van der Waals surface area contributed by atoms with Gasteiger partial charge in [-0.3, -0.25) is 4.90 Å². The van der Waals surface area contributed by atoms with Crippen molar-refractivity contribution in [3.63, 3.8) is 0 Å². The molecule has 0 aromatic heterocycles. The molecule has 3 heteroatoms. The number of nitrogens with zero attached hydrogens (tertiary/aromatic N) is 1. The Hall–Kier alpha value is -1.06. The molecular formula is C12H16N2O. The highest BCUT2D eigenvalue weighted by Gasteiger charge is 2.32. The lowest BCUT2D eigenvalue weighted by molar-refractivity contribution is 0.173. The average molecular weight is 204 g/mol. The van der Waals surface area contributed by atoms with E-state index in [4.69, 9.17) is 0 Å². The minimum absolute atomic E-state index is 0.137. The molecule has 1 aromatic carbocycles. The second-order valence-corrected chi connectivity index (χ2v) is 4.51. The Kier molecular flexibility index (Phi) is 2.15. The molecule has 2 aliphatic heterocycles. The first-order chi connectivity index (χ1) is 7.33. The van der Waals surface area contributed by atoms with Crippen molar-refractivity contribution in [2.75, 3.05) is 18.4 Å². The third-order valence-electron chi connectivity index (χ3n) is 3.42. The molecule has 0 bridgehead atoms. The monoisotopic (exact) mass is 204 g/mol. The number of aliphatic hydroxyl groups excluding tert-OH is 1. The molecule has 80 valence electrons. The number of nitrogens with one attached hydrogen (secondary N) is 1. The van der Waals surface area contributed by atoms with Crippen molar-refractivity contribution in [2.24, 2.45) is 0 Å². The van der Waals surface area contributed by atoms with E-state index >= 15 is 0 Å². The van der Waals surface area contributed by atoms with Gasteiger partial charge in [0.15, 0.2) is 0 Å². The lowest BCUT2D eigenvalue weighted by Crippen LogP contribution is -2.31. The number of anilines is 1. The van der Waals surface area contributed by atoms with Crippen molar-refractivity contribution in [1.29, 1.82) is 0 Å². The molecule has 0 spiro atoms. The van der Waals surface area contributed by atoms with Gasteiger partial charge in [-0.2, -0.15) is 0 Å². The number of hydrogen-bond acceptors (Lipinski definition) is 3. The third kappa shape index (κ3) is 1.62. The standard InChI is InChI=1S/C12H16N2O/c15-11-5-10-6-13-12-4-2-1-3-9(12)7-14(10)8-11/h1-4,10-11,13,15H,5-8H2/t10-,11+/m0/s1. The van der Waals surface area contributed by atoms with E-state index in [0.717, 1.165) is 26.1 Å². The summed E-state index contributed by atoms with van der Waals surface area (Å²) in [4.78, 5) is 2.38. The lowest BCUT2D eigenvalue weighted by atomic mass is 10.2. The van der Waals surface area contributed by atoms with Crippen LogP contribution < -0.4 is 5.32 Å². The van der Waals surface area contributed by atoms with Crippen LogP contribution in [0.15, 0.2) is 24.3 Å². The summed E-state index contributed by atoms with van der Waals surface area (Å²) in [6.07, 6.45) is 0.767. The Morgan fingerprint density at radius 3 is 3.13 bits per heavy atom. The molecule has 1 fully saturated rings. The number of aliphatic hydroxyl groups is 1. The van der Waals surface area contributed by atoms with Crippen LogP contribution in [0.4, 0.5) is 5.69 Å². The Balaban J connectivity index is 1.89. The van der Waals surface area contributed by atoms with Gasteiger partial charge in [0.25, 0.3) is 0 Å². The molecule has 0 aliphatic carbocycles. The number of para-hydroxylation sites is 1. The highest BCUT2D eigenvalue weighted by Crippen LogP contribution is 2.27. The molecule has 0 amide bonds. The van der Waals surface area contributed by atoms with E-state index in [0.29, 0.717) is 6.04 Å². The van der Waals surface area contributed by atoms with Gasteiger partial charge in [-0.05, 0) is 18.1 Å². The molecule has 0 radical (unpaired) electrons. The van der Waals surface area contributed by atoms with E-state index < -0.39 is 0 Å². The predicted molar refractivity (Wildman–Crippen MR) is 59.8 cm³/mol. The molecule has 2 heterocycles. The average Bonchev–Trinajstić information content (AvgIpc) is 2.49. The first-order valence-corrected chi connectivity index (χ1v) is 5.57. The maximum atomic E-state index is 9.63. The molecule has 1 aromatic rings. The largest absolute Gasteiger partial charge is 0.392 e. The van der Waals surface area contributed by atoms with Gasteiger partial charge in [0, 0.05) is 31.4 Å². The fraction of sp³-hybridized carbons (Fsp3) is 0.500. The fourth-order valence-corrected chi connectivity index (χ4v) is 2.64. The van der Waals surface area contributed by atoms with Crippen LogP contribution >= 0.6 is 0 Å². The summed E-state index contributed by atoms with van der Waals surface area (Å²) in [5, 5.41) is 13.1. The van der Waals surface area contributed by atoms with E-state index in [9.17, 15) is 5.11 Å². The molecule has 2 N–H and O–H groups in total. The van der Waals surface area contributed by atoms with Gasteiger partial charge >= 0.3 is 0 Å². The van der Waals surface area contributed by atoms with E-state index in [2.05, 4.69) is 34.5 Å². The van der Waals surface area contributed by atoms with Gasteiger partial charge < -0.3 is 10.4 Å². The topological polar surface area (TPSA) is 35.5 Å². The van der Waals surface area contributed by atoms with E-state index in [1.54, 1.807) is 0 Å². The molecule has 0 saturated carbocycles. The number of rotatable bonds is 0. The molecule has 1 saturated heterocycles. The minimum Gasteiger partial charge on any atom is -0.392 e. The van der Waals surface area contributed by atoms with Crippen LogP contribution in [0.3, 0.4) is 0 Å². The van der Waals surface area contributed by atoms with Crippen molar-refractivity contribution in [1.82, 2.24) is 4.90 Å². The highest BCUT2D eigenvalue weighted by molar-refractivity contribution is 5.52. The van der Waals surface area contributed by atoms with Crippen molar-refractivity contribution >= 4 is 5.69 Å². The second kappa shape index (κ2) is 3.51. The maximum Gasteiger partial charge on any atom is 0.0683 e. The quantitative estimate of drug-likeness (QED) is 0.663. The summed E-state index contributed by atoms with van der Waals surface area (Å²) >= 11 is 0. The maximum absolute atomic E-state index is 9.63. The van der Waals surface area contributed by atoms with Gasteiger partial charge in [0.2, 0.25) is 0 Å². The van der Waals surface area contributed by atoms with Crippen molar-refractivity contribution in [2.45, 2.75) is 25.1 Å². The van der Waals surface area contributed by atoms with Crippen LogP contribution in [0.1, 0.15) is 12.0 Å². The number of fused-ring (bicyclic) bond motifs is 2. The molecule has 3 nitrogen and oxygen atoms in total. The van der Waals surface area contributed by atoms with Gasteiger partial charge in [0.05, 0.1) is 6.10 Å². The van der Waals surface area contributed by atoms with Gasteiger partial charge in [0.1, 0.15) is 0 Å². The van der Waals surface area contributed by atoms with Gasteiger partial charge in [-0.25, -0.2) is 0 Å². The van der Waals surface area contributed by atoms with Crippen LogP contribution in [-0.4, -0.2) is 35.2 Å². The molecule has 15 heavy (non-hydrogen) atoms. The summed E-state index contributed by atoms with van der Waals surface area (Å²) in [6.45, 7) is 2.74. The Morgan fingerprint density at radius 2 is 2.20 bits per heavy atom. The van der Waals surface area contributed by atoms with Crippen LogP contribution in [0.2, 0.25) is 0 Å². The zero-order valence-electron chi connectivity index (χ0n) is 8.69. The summed E-state index contributed by atoms with van der Waals surface area (Å²) in [7, 11) is 0. The zero-order valence-corrected chi connectivity index (χ0v) is 8.69. The smallest absolute Gasteiger partial charge is 0.0683 e. The van der Waals surface area contributed by atoms with Gasteiger partial charge in [-0.15, -0.1) is 0 Å². The van der Waals surface area contributed by atoms with E-state index in [1.165, 1.54) is 11.3 Å². The van der Waals surface area contributed by atoms with Crippen LogP contribution in [-0.2, 0) is 6.54 Å². The van der Waals surface area contributed by atoms with Gasteiger partial charge in [-0.1, -0.05) is 18.2 Å². The normalized spacial score (nSPS) is 30.2. The first kappa shape index (κ1) is 9.19. The molecule has 3 rings (SSSR count). The summed E-state index contributed by atoms with van der Waals surface area (Å²) in [5.74, 6) is 0. The first-order valence-electron chi connectivity index (χ1n) is 5.57. The SMILES string of the molecule is O[C@@H]1C[C@H]2CNc3ccccc3CN2C1. The van der Waals surface area contributed by atoms with Crippen molar-refractivity contribution in [3.8, 4) is 0 Å². The predicted octanol–water partition coefficient (Wildman–Crippen LogP) is 1.05. The fourth-order valence-electron chi connectivity index (χ4n) is 2.64. The van der Waals surface area contributed by atoms with Crippen LogP contribution in [0.25, 0.3) is 0 Å². The van der Waals surface area contributed by atoms with E-state index in [-0.39, 0.29) is 6.10 Å². The molecule has 2 atom stereocenters. The van der Waals surface area contributed by atoms with Crippen LogP contribution in [0.5, 0.6) is 0 Å². The number of hydrogen-bond donors (Lipinski definition) is 2. The molecular weight excluding hydrogens is 188 g/mol.